The SMILES string of the molecule is C[C@H]1CC2(CCN(c3ccc(CN4CCN(C5CN(c6cc7c(cc6F)C(=O)N(C6CCC(=O)NC6=O)C7=O)C5)CC4)nn3)CC2)CN1c1ccc(C#N)c(Cl)c1. The minimum absolute atomic E-state index is 0.0231. The number of amides is 4. The van der Waals surface area contributed by atoms with E-state index in [1.54, 1.807) is 0 Å². The molecule has 1 spiro atoms. The normalized spacial score (nSPS) is 24.2. The van der Waals surface area contributed by atoms with Gasteiger partial charge in [-0.05, 0) is 80.5 Å². The monoisotopic (exact) mass is 794 g/mol. The predicted molar refractivity (Wildman–Crippen MR) is 209 cm³/mol. The van der Waals surface area contributed by atoms with E-state index in [0.717, 1.165) is 99.8 Å². The summed E-state index contributed by atoms with van der Waals surface area (Å²) in [5.41, 5.74) is 3.05. The highest BCUT2D eigenvalue weighted by Gasteiger charge is 2.47. The molecule has 16 heteroatoms. The highest BCUT2D eigenvalue weighted by Crippen LogP contribution is 2.46. The van der Waals surface area contributed by atoms with Gasteiger partial charge in [-0.2, -0.15) is 10.4 Å². The van der Waals surface area contributed by atoms with Gasteiger partial charge in [-0.3, -0.25) is 39.2 Å². The summed E-state index contributed by atoms with van der Waals surface area (Å²) in [6.07, 6.45) is 3.36. The number of fused-ring (bicyclic) bond motifs is 1. The minimum atomic E-state index is -1.09. The Hall–Kier alpha value is -5.17. The molecule has 296 valence electrons. The average molecular weight is 795 g/mol. The van der Waals surface area contributed by atoms with Crippen LogP contribution in [0.3, 0.4) is 0 Å². The van der Waals surface area contributed by atoms with Crippen molar-refractivity contribution in [3.63, 3.8) is 0 Å². The van der Waals surface area contributed by atoms with Crippen molar-refractivity contribution in [2.45, 2.75) is 63.7 Å². The van der Waals surface area contributed by atoms with Gasteiger partial charge in [0.2, 0.25) is 11.8 Å². The van der Waals surface area contributed by atoms with Crippen LogP contribution in [0.15, 0.2) is 42.5 Å². The van der Waals surface area contributed by atoms with Gasteiger partial charge in [-0.15, -0.1) is 5.10 Å². The predicted octanol–water partition coefficient (Wildman–Crippen LogP) is 3.43. The molecule has 7 heterocycles. The number of imide groups is 2. The topological polar surface area (TPSA) is 149 Å². The summed E-state index contributed by atoms with van der Waals surface area (Å²) < 4.78 is 15.3. The lowest BCUT2D eigenvalue weighted by atomic mass is 9.77. The molecule has 1 N–H and O–H groups in total. The zero-order valence-electron chi connectivity index (χ0n) is 31.8. The number of nitriles is 1. The summed E-state index contributed by atoms with van der Waals surface area (Å²) in [4.78, 5) is 62.7. The molecule has 1 unspecified atom stereocenters. The smallest absolute Gasteiger partial charge is 0.262 e. The summed E-state index contributed by atoms with van der Waals surface area (Å²) in [6.45, 7) is 10.5. The van der Waals surface area contributed by atoms with Crippen LogP contribution < -0.4 is 20.0 Å². The van der Waals surface area contributed by atoms with Crippen molar-refractivity contribution >= 4 is 52.4 Å². The molecule has 9 rings (SSSR count). The molecule has 2 aromatic carbocycles. The first-order valence-electron chi connectivity index (χ1n) is 19.8. The van der Waals surface area contributed by atoms with Crippen molar-refractivity contribution < 1.29 is 23.6 Å². The van der Waals surface area contributed by atoms with Gasteiger partial charge in [0.25, 0.3) is 11.8 Å². The van der Waals surface area contributed by atoms with Crippen LogP contribution in [0.4, 0.5) is 21.6 Å². The Bertz CT molecular complexity index is 2180. The van der Waals surface area contributed by atoms with Crippen LogP contribution in [-0.2, 0) is 16.1 Å². The third-order valence-electron chi connectivity index (χ3n) is 13.0. The van der Waals surface area contributed by atoms with Crippen molar-refractivity contribution in [1.29, 1.82) is 5.26 Å². The Balaban J connectivity index is 0.735. The number of aromatic nitrogens is 2. The number of rotatable bonds is 7. The molecule has 3 aromatic rings. The number of piperidine rings is 2. The number of piperazine rings is 1. The van der Waals surface area contributed by atoms with E-state index < -0.39 is 35.5 Å². The molecular formula is C41H44ClFN10O4. The molecule has 0 radical (unpaired) electrons. The second-order valence-electron chi connectivity index (χ2n) is 16.5. The first-order valence-corrected chi connectivity index (χ1v) is 20.2. The van der Waals surface area contributed by atoms with E-state index in [4.69, 9.17) is 11.6 Å². The van der Waals surface area contributed by atoms with Crippen molar-refractivity contribution in [2.24, 2.45) is 5.41 Å². The Morgan fingerprint density at radius 3 is 2.33 bits per heavy atom. The molecule has 0 aliphatic carbocycles. The van der Waals surface area contributed by atoms with E-state index in [-0.39, 0.29) is 41.1 Å². The molecule has 5 fully saturated rings. The standard InChI is InChI=1S/C41H44ClFN10O4/c1-25-19-41(24-52(25)28-4-2-26(20-44)32(42)16-28)8-10-50(11-9-41)36-6-3-27(46-47-36)21-48-12-14-49(15-13-48)29-22-51(23-29)35-18-31-30(17-33(35)43)39(56)53(40(31)57)34-5-7-37(54)45-38(34)55/h2-4,6,16-18,25,29,34H,5,7-15,19,21-24H2,1H3,(H,45,54,55)/t25-,34?/m0/s1. The van der Waals surface area contributed by atoms with Crippen molar-refractivity contribution in [3.8, 4) is 6.07 Å². The quantitative estimate of drug-likeness (QED) is 0.350. The zero-order valence-corrected chi connectivity index (χ0v) is 32.5. The number of carbonyl (C=O) groups excluding carboxylic acids is 4. The first kappa shape index (κ1) is 37.4. The second kappa shape index (κ2) is 14.6. The highest BCUT2D eigenvalue weighted by atomic mass is 35.5. The van der Waals surface area contributed by atoms with Crippen LogP contribution in [0, 0.1) is 22.6 Å². The number of hydrogen-bond donors (Lipinski definition) is 1. The van der Waals surface area contributed by atoms with Crippen LogP contribution in [0.25, 0.3) is 0 Å². The summed E-state index contributed by atoms with van der Waals surface area (Å²) in [5.74, 6) is -2.16. The Labute approximate surface area is 335 Å². The third-order valence-corrected chi connectivity index (χ3v) is 13.4. The molecule has 4 amide bonds. The van der Waals surface area contributed by atoms with Gasteiger partial charge in [0.15, 0.2) is 5.82 Å². The molecular weight excluding hydrogens is 751 g/mol. The van der Waals surface area contributed by atoms with Gasteiger partial charge < -0.3 is 14.7 Å². The molecule has 14 nitrogen and oxygen atoms in total. The van der Waals surface area contributed by atoms with E-state index in [1.165, 1.54) is 6.07 Å². The summed E-state index contributed by atoms with van der Waals surface area (Å²) >= 11 is 6.37. The lowest BCUT2D eigenvalue weighted by Crippen LogP contribution is -2.63. The van der Waals surface area contributed by atoms with E-state index in [9.17, 15) is 24.4 Å². The number of anilines is 3. The Kier molecular flexibility index (Phi) is 9.61. The largest absolute Gasteiger partial charge is 0.368 e. The van der Waals surface area contributed by atoms with Crippen LogP contribution in [0.2, 0.25) is 5.02 Å². The minimum Gasteiger partial charge on any atom is -0.368 e. The molecule has 1 aromatic heterocycles. The van der Waals surface area contributed by atoms with Gasteiger partial charge in [-0.1, -0.05) is 11.6 Å². The molecule has 2 atom stereocenters. The maximum atomic E-state index is 15.3. The van der Waals surface area contributed by atoms with Gasteiger partial charge in [0.05, 0.1) is 33.1 Å². The molecule has 0 bridgehead atoms. The average Bonchev–Trinajstić information content (AvgIpc) is 3.63. The van der Waals surface area contributed by atoms with Crippen LogP contribution >= 0.6 is 11.6 Å². The Morgan fingerprint density at radius 1 is 0.930 bits per heavy atom. The fourth-order valence-corrected chi connectivity index (χ4v) is 9.95. The number of hydrogen-bond acceptors (Lipinski definition) is 12. The Morgan fingerprint density at radius 2 is 1.67 bits per heavy atom. The van der Waals surface area contributed by atoms with Crippen LogP contribution in [0.5, 0.6) is 0 Å². The lowest BCUT2D eigenvalue weighted by Gasteiger charge is -2.49. The van der Waals surface area contributed by atoms with Crippen molar-refractivity contribution in [3.05, 3.63) is 75.7 Å². The zero-order chi connectivity index (χ0) is 39.6. The van der Waals surface area contributed by atoms with Gasteiger partial charge in [0.1, 0.15) is 17.9 Å². The number of nitrogens with one attached hydrogen (secondary N) is 1. The van der Waals surface area contributed by atoms with E-state index in [1.807, 2.05) is 23.1 Å². The van der Waals surface area contributed by atoms with Crippen LogP contribution in [0.1, 0.15) is 71.0 Å². The van der Waals surface area contributed by atoms with Crippen LogP contribution in [-0.4, -0.2) is 126 Å². The van der Waals surface area contributed by atoms with Crippen molar-refractivity contribution in [2.75, 3.05) is 73.6 Å². The lowest BCUT2D eigenvalue weighted by molar-refractivity contribution is -0.136. The van der Waals surface area contributed by atoms with Gasteiger partial charge in [-0.25, -0.2) is 4.39 Å². The molecule has 6 aliphatic heterocycles. The number of carbonyl (C=O) groups is 4. The highest BCUT2D eigenvalue weighted by molar-refractivity contribution is 6.32. The molecule has 6 aliphatic rings. The second-order valence-corrected chi connectivity index (χ2v) is 16.9. The van der Waals surface area contributed by atoms with E-state index in [2.05, 4.69) is 60.2 Å². The first-order chi connectivity index (χ1) is 27.5. The maximum Gasteiger partial charge on any atom is 0.262 e. The van der Waals surface area contributed by atoms with Gasteiger partial charge >= 0.3 is 0 Å². The van der Waals surface area contributed by atoms with Gasteiger partial charge in [0, 0.05) is 89.6 Å². The third kappa shape index (κ3) is 6.87. The fourth-order valence-electron chi connectivity index (χ4n) is 9.74. The summed E-state index contributed by atoms with van der Waals surface area (Å²) in [6, 6.07) is 14.1. The number of nitrogens with zero attached hydrogens (tertiary/aromatic N) is 9. The summed E-state index contributed by atoms with van der Waals surface area (Å²) in [7, 11) is 0. The summed E-state index contributed by atoms with van der Waals surface area (Å²) in [5, 5.41) is 21.2. The molecule has 57 heavy (non-hydrogen) atoms. The van der Waals surface area contributed by atoms with E-state index in [0.29, 0.717) is 29.7 Å². The number of benzene rings is 2. The fraction of sp³-hybridized carbons (Fsp3) is 0.488. The van der Waals surface area contributed by atoms with Crippen molar-refractivity contribution in [1.82, 2.24) is 30.2 Å². The number of halogens is 2. The maximum absolute atomic E-state index is 15.3. The molecule has 0 saturated carbocycles. The van der Waals surface area contributed by atoms with E-state index >= 15 is 4.39 Å². The molecule has 5 saturated heterocycles.